The van der Waals surface area contributed by atoms with Crippen LogP contribution < -0.4 is 11.1 Å². The van der Waals surface area contributed by atoms with Crippen molar-refractivity contribution in [1.29, 1.82) is 0 Å². The van der Waals surface area contributed by atoms with Gasteiger partial charge in [-0.25, -0.2) is 9.59 Å². The minimum atomic E-state index is -1.07. The Balaban J connectivity index is 2.60. The number of aryl methyl sites for hydroxylation is 1. The Bertz CT molecular complexity index is 455. The van der Waals surface area contributed by atoms with Gasteiger partial charge in [-0.3, -0.25) is 10.1 Å². The summed E-state index contributed by atoms with van der Waals surface area (Å²) in [7, 11) is 0. The highest BCUT2D eigenvalue weighted by molar-refractivity contribution is 7.12. The highest BCUT2D eigenvalue weighted by atomic mass is 32.1. The van der Waals surface area contributed by atoms with Crippen molar-refractivity contribution in [2.24, 2.45) is 5.73 Å². The van der Waals surface area contributed by atoms with Gasteiger partial charge in [0, 0.05) is 0 Å². The van der Waals surface area contributed by atoms with E-state index in [1.54, 1.807) is 18.4 Å². The molecule has 0 unspecified atom stereocenters. The van der Waals surface area contributed by atoms with E-state index in [9.17, 15) is 14.4 Å². The minimum absolute atomic E-state index is 0.434. The number of hydrogen-bond acceptors (Lipinski definition) is 5. The molecule has 3 amide bonds. The lowest BCUT2D eigenvalue weighted by Gasteiger charge is -2.11. The zero-order chi connectivity index (χ0) is 13.0. The average Bonchev–Trinajstić information content (AvgIpc) is 2.63. The number of esters is 1. The molecular formula is C10H12N2O4S. The van der Waals surface area contributed by atoms with E-state index in [0.29, 0.717) is 4.88 Å². The van der Waals surface area contributed by atoms with Gasteiger partial charge < -0.3 is 10.5 Å². The van der Waals surface area contributed by atoms with Gasteiger partial charge in [-0.15, -0.1) is 11.3 Å². The van der Waals surface area contributed by atoms with Crippen LogP contribution in [0.3, 0.4) is 0 Å². The average molecular weight is 256 g/mol. The van der Waals surface area contributed by atoms with Crippen LogP contribution in [0.1, 0.15) is 22.2 Å². The highest BCUT2D eigenvalue weighted by Crippen LogP contribution is 2.17. The Hall–Kier alpha value is -1.89. The van der Waals surface area contributed by atoms with Gasteiger partial charge in [0.1, 0.15) is 4.88 Å². The number of hydrogen-bond donors (Lipinski definition) is 2. The Morgan fingerprint density at radius 3 is 2.59 bits per heavy atom. The van der Waals surface area contributed by atoms with Crippen molar-refractivity contribution in [2.75, 3.05) is 0 Å². The number of thiophene rings is 1. The summed E-state index contributed by atoms with van der Waals surface area (Å²) in [6.07, 6.45) is -1.07. The second-order valence-corrected chi connectivity index (χ2v) is 4.25. The quantitative estimate of drug-likeness (QED) is 0.781. The van der Waals surface area contributed by atoms with E-state index in [-0.39, 0.29) is 0 Å². The first-order valence-corrected chi connectivity index (χ1v) is 5.65. The number of rotatable bonds is 3. The van der Waals surface area contributed by atoms with Crippen molar-refractivity contribution in [3.8, 4) is 0 Å². The molecule has 3 N–H and O–H groups in total. The summed E-state index contributed by atoms with van der Waals surface area (Å²) in [6.45, 7) is 3.13. The second kappa shape index (κ2) is 5.44. The second-order valence-electron chi connectivity index (χ2n) is 3.33. The molecule has 0 fully saturated rings. The van der Waals surface area contributed by atoms with Crippen molar-refractivity contribution < 1.29 is 19.1 Å². The summed E-state index contributed by atoms with van der Waals surface area (Å²) in [5, 5.41) is 3.58. The van der Waals surface area contributed by atoms with Gasteiger partial charge in [0.15, 0.2) is 6.10 Å². The molecule has 1 rings (SSSR count). The lowest BCUT2D eigenvalue weighted by molar-refractivity contribution is -0.127. The van der Waals surface area contributed by atoms with Crippen LogP contribution in [0.2, 0.25) is 0 Å². The first-order valence-electron chi connectivity index (χ1n) is 4.77. The number of imide groups is 1. The summed E-state index contributed by atoms with van der Waals surface area (Å²) in [5.41, 5.74) is 5.55. The molecule has 0 aromatic carbocycles. The lowest BCUT2D eigenvalue weighted by Crippen LogP contribution is -2.42. The van der Waals surface area contributed by atoms with Gasteiger partial charge in [0.2, 0.25) is 0 Å². The molecule has 0 aliphatic heterocycles. The summed E-state index contributed by atoms with van der Waals surface area (Å²) < 4.78 is 4.89. The molecule has 0 aliphatic rings. The number of nitrogens with two attached hydrogens (primary N) is 1. The van der Waals surface area contributed by atoms with Crippen LogP contribution in [0.4, 0.5) is 4.79 Å². The Kier molecular flexibility index (Phi) is 4.22. The fourth-order valence-electron chi connectivity index (χ4n) is 1.07. The predicted octanol–water partition coefficient (Wildman–Crippen LogP) is 0.797. The zero-order valence-corrected chi connectivity index (χ0v) is 10.2. The lowest BCUT2D eigenvalue weighted by atomic mass is 10.3. The van der Waals surface area contributed by atoms with Crippen LogP contribution in [0.25, 0.3) is 0 Å². The van der Waals surface area contributed by atoms with Crippen LogP contribution in [0.5, 0.6) is 0 Å². The zero-order valence-electron chi connectivity index (χ0n) is 9.35. The number of amides is 3. The maximum Gasteiger partial charge on any atom is 0.349 e. The molecule has 6 nitrogen and oxygen atoms in total. The molecule has 17 heavy (non-hydrogen) atoms. The molecule has 0 saturated heterocycles. The van der Waals surface area contributed by atoms with E-state index in [4.69, 9.17) is 10.5 Å². The monoisotopic (exact) mass is 256 g/mol. The van der Waals surface area contributed by atoms with Crippen LogP contribution in [-0.2, 0) is 9.53 Å². The van der Waals surface area contributed by atoms with Gasteiger partial charge in [0.25, 0.3) is 5.91 Å². The third kappa shape index (κ3) is 3.56. The number of nitrogens with one attached hydrogen (secondary N) is 1. The molecule has 0 aliphatic carbocycles. The number of ether oxygens (including phenoxy) is 1. The van der Waals surface area contributed by atoms with Crippen LogP contribution in [-0.4, -0.2) is 24.0 Å². The van der Waals surface area contributed by atoms with Gasteiger partial charge in [-0.2, -0.15) is 0 Å². The third-order valence-corrected chi connectivity index (χ3v) is 2.94. The number of primary amides is 1. The van der Waals surface area contributed by atoms with E-state index < -0.39 is 24.0 Å². The Morgan fingerprint density at radius 1 is 1.47 bits per heavy atom. The van der Waals surface area contributed by atoms with Crippen LogP contribution in [0.15, 0.2) is 11.4 Å². The summed E-state index contributed by atoms with van der Waals surface area (Å²) in [4.78, 5) is 33.7. The fourth-order valence-corrected chi connectivity index (χ4v) is 1.88. The smallest absolute Gasteiger partial charge is 0.349 e. The standard InChI is InChI=1S/C10H12N2O4S/c1-5-3-4-17-7(5)9(14)16-6(2)8(13)12-10(11)15/h3-4,6H,1-2H3,(H3,11,12,13,15)/t6-/m1/s1. The highest BCUT2D eigenvalue weighted by Gasteiger charge is 2.21. The number of carbonyl (C=O) groups excluding carboxylic acids is 3. The molecule has 92 valence electrons. The Morgan fingerprint density at radius 2 is 2.12 bits per heavy atom. The molecule has 0 bridgehead atoms. The van der Waals surface area contributed by atoms with E-state index >= 15 is 0 Å². The summed E-state index contributed by atoms with van der Waals surface area (Å²) >= 11 is 1.23. The minimum Gasteiger partial charge on any atom is -0.448 e. The first-order chi connectivity index (χ1) is 7.91. The van der Waals surface area contributed by atoms with Gasteiger partial charge in [-0.1, -0.05) is 0 Å². The van der Waals surface area contributed by atoms with Crippen LogP contribution in [0, 0.1) is 6.92 Å². The van der Waals surface area contributed by atoms with Gasteiger partial charge in [0.05, 0.1) is 0 Å². The molecular weight excluding hydrogens is 244 g/mol. The van der Waals surface area contributed by atoms with E-state index in [1.807, 2.05) is 5.32 Å². The maximum atomic E-state index is 11.6. The molecule has 1 aromatic rings. The maximum absolute atomic E-state index is 11.6. The SMILES string of the molecule is Cc1ccsc1C(=O)O[C@H](C)C(=O)NC(N)=O. The predicted molar refractivity (Wildman–Crippen MR) is 61.7 cm³/mol. The molecule has 7 heteroatoms. The van der Waals surface area contributed by atoms with E-state index in [0.717, 1.165) is 5.56 Å². The van der Waals surface area contributed by atoms with Crippen molar-refractivity contribution in [1.82, 2.24) is 5.32 Å². The van der Waals surface area contributed by atoms with Gasteiger partial charge in [-0.05, 0) is 30.9 Å². The molecule has 0 spiro atoms. The molecule has 0 radical (unpaired) electrons. The van der Waals surface area contributed by atoms with Crippen molar-refractivity contribution in [2.45, 2.75) is 20.0 Å². The molecule has 1 heterocycles. The van der Waals surface area contributed by atoms with E-state index in [1.165, 1.54) is 18.3 Å². The molecule has 1 aromatic heterocycles. The van der Waals surface area contributed by atoms with Gasteiger partial charge >= 0.3 is 12.0 Å². The Labute approximate surface area is 102 Å². The molecule has 1 atom stereocenters. The topological polar surface area (TPSA) is 98.5 Å². The number of carbonyl (C=O) groups is 3. The van der Waals surface area contributed by atoms with E-state index in [2.05, 4.69) is 0 Å². The van der Waals surface area contributed by atoms with Crippen molar-refractivity contribution >= 4 is 29.2 Å². The summed E-state index contributed by atoms with van der Waals surface area (Å²) in [6, 6.07) is 0.792. The third-order valence-electron chi connectivity index (χ3n) is 1.95. The fraction of sp³-hybridized carbons (Fsp3) is 0.300. The largest absolute Gasteiger partial charge is 0.448 e. The molecule has 0 saturated carbocycles. The normalized spacial score (nSPS) is 11.6. The number of urea groups is 1. The van der Waals surface area contributed by atoms with Crippen LogP contribution >= 0.6 is 11.3 Å². The van der Waals surface area contributed by atoms with Crippen molar-refractivity contribution in [3.63, 3.8) is 0 Å². The van der Waals surface area contributed by atoms with Crippen molar-refractivity contribution in [3.05, 3.63) is 21.9 Å². The first kappa shape index (κ1) is 13.2. The summed E-state index contributed by atoms with van der Waals surface area (Å²) in [5.74, 6) is -1.34.